The van der Waals surface area contributed by atoms with Gasteiger partial charge in [0.25, 0.3) is 0 Å². The second-order valence-corrected chi connectivity index (χ2v) is 4.74. The molecule has 2 rings (SSSR count). The number of nitro benzene ring substituents is 1. The molecule has 2 aromatic rings. The van der Waals surface area contributed by atoms with Gasteiger partial charge in [-0.25, -0.2) is 4.39 Å². The van der Waals surface area contributed by atoms with Crippen LogP contribution in [0.25, 0.3) is 0 Å². The maximum absolute atomic E-state index is 13.2. The Labute approximate surface area is 124 Å². The topological polar surface area (TPSA) is 72.6 Å². The highest BCUT2D eigenvalue weighted by atomic mass is 35.5. The summed E-state index contributed by atoms with van der Waals surface area (Å²) in [6.07, 6.45) is -0.708. The van der Waals surface area contributed by atoms with Crippen molar-refractivity contribution >= 4 is 17.3 Å². The fourth-order valence-electron chi connectivity index (χ4n) is 1.70. The lowest BCUT2D eigenvalue weighted by Gasteiger charge is -2.10. The lowest BCUT2D eigenvalue weighted by atomic mass is 10.1. The van der Waals surface area contributed by atoms with Gasteiger partial charge in [0, 0.05) is 12.1 Å². The number of hydrogen-bond acceptors (Lipinski definition) is 4. The monoisotopic (exact) mass is 311 g/mol. The molecule has 0 saturated carbocycles. The lowest BCUT2D eigenvalue weighted by molar-refractivity contribution is -0.385. The molecule has 110 valence electrons. The van der Waals surface area contributed by atoms with Crippen LogP contribution in [0.5, 0.6) is 11.5 Å². The molecule has 5 nitrogen and oxygen atoms in total. The van der Waals surface area contributed by atoms with Crippen molar-refractivity contribution in [3.05, 3.63) is 62.9 Å². The van der Waals surface area contributed by atoms with E-state index in [0.717, 1.165) is 18.2 Å². The first-order valence-electron chi connectivity index (χ1n) is 5.98. The van der Waals surface area contributed by atoms with Gasteiger partial charge in [-0.2, -0.15) is 0 Å². The molecule has 21 heavy (non-hydrogen) atoms. The van der Waals surface area contributed by atoms with Crippen LogP contribution in [0.4, 0.5) is 10.1 Å². The molecule has 0 saturated heterocycles. The van der Waals surface area contributed by atoms with E-state index < -0.39 is 16.8 Å². The molecule has 7 heteroatoms. The highest BCUT2D eigenvalue weighted by Gasteiger charge is 2.18. The van der Waals surface area contributed by atoms with Gasteiger partial charge in [0.15, 0.2) is 0 Å². The van der Waals surface area contributed by atoms with Gasteiger partial charge in [-0.15, -0.1) is 0 Å². The van der Waals surface area contributed by atoms with Gasteiger partial charge in [0.05, 0.1) is 16.0 Å². The number of rotatable bonds is 4. The zero-order chi connectivity index (χ0) is 15.6. The Balaban J connectivity index is 2.38. The van der Waals surface area contributed by atoms with Crippen LogP contribution in [0.1, 0.15) is 18.6 Å². The number of ether oxygens (including phenoxy) is 1. The predicted octanol–water partition coefficient (Wildman–Crippen LogP) is 4.23. The summed E-state index contributed by atoms with van der Waals surface area (Å²) in [5.74, 6) is -0.770. The van der Waals surface area contributed by atoms with Crippen molar-refractivity contribution < 1.29 is 19.2 Å². The Hall–Kier alpha value is -2.18. The fourth-order valence-corrected chi connectivity index (χ4v) is 1.93. The lowest BCUT2D eigenvalue weighted by Crippen LogP contribution is -1.96. The number of benzene rings is 2. The maximum Gasteiger partial charge on any atom is 0.311 e. The Morgan fingerprint density at radius 2 is 2.00 bits per heavy atom. The third kappa shape index (κ3) is 3.48. The van der Waals surface area contributed by atoms with Crippen molar-refractivity contribution in [3.63, 3.8) is 0 Å². The minimum atomic E-state index is -0.708. The number of nitro groups is 1. The second-order valence-electron chi connectivity index (χ2n) is 4.34. The molecule has 0 aliphatic carbocycles. The summed E-state index contributed by atoms with van der Waals surface area (Å²) in [6, 6.07) is 7.41. The van der Waals surface area contributed by atoms with E-state index in [4.69, 9.17) is 16.3 Å². The Morgan fingerprint density at radius 1 is 1.29 bits per heavy atom. The van der Waals surface area contributed by atoms with Crippen LogP contribution >= 0.6 is 11.6 Å². The molecule has 0 aliphatic heterocycles. The summed E-state index contributed by atoms with van der Waals surface area (Å²) < 4.78 is 18.5. The zero-order valence-corrected chi connectivity index (χ0v) is 11.7. The molecule has 2 aromatic carbocycles. The molecule has 0 heterocycles. The number of nitrogens with zero attached hydrogens (tertiary/aromatic N) is 1. The molecular formula is C14H11ClFNO4. The smallest absolute Gasteiger partial charge is 0.311 e. The standard InChI is InChI=1S/C14H11ClFNO4/c1-8(18)9-2-5-13(11(15)6-9)21-14-7-10(16)3-4-12(14)17(19)20/h2-8,18H,1H3/t8-/m1/s1. The van der Waals surface area contributed by atoms with Gasteiger partial charge in [-0.3, -0.25) is 10.1 Å². The zero-order valence-electron chi connectivity index (χ0n) is 10.9. The first-order valence-corrected chi connectivity index (χ1v) is 6.35. The first kappa shape index (κ1) is 15.2. The number of halogens is 2. The molecule has 0 aliphatic rings. The number of aliphatic hydroxyl groups excluding tert-OH is 1. The van der Waals surface area contributed by atoms with Crippen molar-refractivity contribution in [2.24, 2.45) is 0 Å². The molecule has 0 bridgehead atoms. The molecular weight excluding hydrogens is 301 g/mol. The summed E-state index contributed by atoms with van der Waals surface area (Å²) in [5.41, 5.74) is 0.202. The van der Waals surface area contributed by atoms with Crippen LogP contribution in [0, 0.1) is 15.9 Å². The van der Waals surface area contributed by atoms with E-state index in [0.29, 0.717) is 5.56 Å². The van der Waals surface area contributed by atoms with Gasteiger partial charge in [-0.1, -0.05) is 17.7 Å². The van der Waals surface area contributed by atoms with Crippen LogP contribution in [-0.4, -0.2) is 10.0 Å². The summed E-state index contributed by atoms with van der Waals surface area (Å²) in [5, 5.41) is 20.5. The van der Waals surface area contributed by atoms with Crippen molar-refractivity contribution in [3.8, 4) is 11.5 Å². The summed E-state index contributed by atoms with van der Waals surface area (Å²) in [6.45, 7) is 1.57. The average Bonchev–Trinajstić information content (AvgIpc) is 2.40. The third-order valence-corrected chi connectivity index (χ3v) is 3.07. The Bertz CT molecular complexity index is 691. The van der Waals surface area contributed by atoms with Crippen molar-refractivity contribution in [2.75, 3.05) is 0 Å². The van der Waals surface area contributed by atoms with E-state index in [1.165, 1.54) is 12.1 Å². The largest absolute Gasteiger partial charge is 0.448 e. The fraction of sp³-hybridized carbons (Fsp3) is 0.143. The number of aliphatic hydroxyl groups is 1. The molecule has 1 atom stereocenters. The Morgan fingerprint density at radius 3 is 2.57 bits per heavy atom. The van der Waals surface area contributed by atoms with E-state index in [2.05, 4.69) is 0 Å². The van der Waals surface area contributed by atoms with Gasteiger partial charge >= 0.3 is 5.69 Å². The molecule has 1 N–H and O–H groups in total. The first-order chi connectivity index (χ1) is 9.88. The third-order valence-electron chi connectivity index (χ3n) is 2.78. The summed E-state index contributed by atoms with van der Waals surface area (Å²) >= 11 is 6.00. The van der Waals surface area contributed by atoms with Crippen LogP contribution in [-0.2, 0) is 0 Å². The molecule has 0 radical (unpaired) electrons. The van der Waals surface area contributed by atoms with Gasteiger partial charge < -0.3 is 9.84 Å². The van der Waals surface area contributed by atoms with E-state index >= 15 is 0 Å². The minimum Gasteiger partial charge on any atom is -0.448 e. The second kappa shape index (κ2) is 6.07. The Kier molecular flexibility index (Phi) is 4.40. The summed E-state index contributed by atoms with van der Waals surface area (Å²) in [4.78, 5) is 10.2. The van der Waals surface area contributed by atoms with Gasteiger partial charge in [0.2, 0.25) is 5.75 Å². The quantitative estimate of drug-likeness (QED) is 0.677. The van der Waals surface area contributed by atoms with Crippen LogP contribution in [0.15, 0.2) is 36.4 Å². The number of hydrogen-bond donors (Lipinski definition) is 1. The highest BCUT2D eigenvalue weighted by Crippen LogP contribution is 2.36. The van der Waals surface area contributed by atoms with E-state index in [-0.39, 0.29) is 22.2 Å². The molecule has 0 spiro atoms. The van der Waals surface area contributed by atoms with Gasteiger partial charge in [-0.05, 0) is 30.7 Å². The van der Waals surface area contributed by atoms with Crippen molar-refractivity contribution in [2.45, 2.75) is 13.0 Å². The predicted molar refractivity (Wildman–Crippen MR) is 75.2 cm³/mol. The maximum atomic E-state index is 13.2. The molecule has 0 unspecified atom stereocenters. The van der Waals surface area contributed by atoms with Crippen molar-refractivity contribution in [1.29, 1.82) is 0 Å². The van der Waals surface area contributed by atoms with Crippen molar-refractivity contribution in [1.82, 2.24) is 0 Å². The van der Waals surface area contributed by atoms with Crippen LogP contribution < -0.4 is 4.74 Å². The minimum absolute atomic E-state index is 0.134. The summed E-state index contributed by atoms with van der Waals surface area (Å²) in [7, 11) is 0. The van der Waals surface area contributed by atoms with Gasteiger partial charge in [0.1, 0.15) is 11.6 Å². The van der Waals surface area contributed by atoms with Crippen LogP contribution in [0.3, 0.4) is 0 Å². The highest BCUT2D eigenvalue weighted by molar-refractivity contribution is 6.32. The van der Waals surface area contributed by atoms with E-state index in [9.17, 15) is 19.6 Å². The normalized spacial score (nSPS) is 12.0. The molecule has 0 fully saturated rings. The van der Waals surface area contributed by atoms with E-state index in [1.807, 2.05) is 0 Å². The average molecular weight is 312 g/mol. The van der Waals surface area contributed by atoms with Crippen LogP contribution in [0.2, 0.25) is 5.02 Å². The molecule has 0 amide bonds. The molecule has 0 aromatic heterocycles. The van der Waals surface area contributed by atoms with E-state index in [1.54, 1.807) is 13.0 Å². The SMILES string of the molecule is C[C@@H](O)c1ccc(Oc2cc(F)ccc2[N+](=O)[O-])c(Cl)c1.